The molecule has 3 N–H and O–H groups in total. The van der Waals surface area contributed by atoms with Crippen molar-refractivity contribution in [2.24, 2.45) is 0 Å². The second-order valence-electron chi connectivity index (χ2n) is 20.0. The first-order valence-electron chi connectivity index (χ1n) is 27.2. The van der Waals surface area contributed by atoms with Gasteiger partial charge in [0.15, 0.2) is 0 Å². The first-order valence-corrected chi connectivity index (χ1v) is 28.7. The number of nitrogens with zero attached hydrogens (tertiary/aromatic N) is 1. The lowest BCUT2D eigenvalue weighted by molar-refractivity contribution is -0.870. The smallest absolute Gasteiger partial charge is 0.387 e. The topological polar surface area (TPSA) is 105 Å². The molecule has 63 heavy (non-hydrogen) atoms. The molecule has 3 atom stereocenters. The molecule has 0 aromatic heterocycles. The summed E-state index contributed by atoms with van der Waals surface area (Å²) in [6.45, 7) is 4.83. The molecular formula is C54H108N2O6P+. The third kappa shape index (κ3) is 48.7. The van der Waals surface area contributed by atoms with Gasteiger partial charge in [-0.15, -0.1) is 0 Å². The van der Waals surface area contributed by atoms with E-state index >= 15 is 0 Å². The lowest BCUT2D eigenvalue weighted by Crippen LogP contribution is -2.45. The molecule has 9 heteroatoms. The summed E-state index contributed by atoms with van der Waals surface area (Å²) < 4.78 is 23.7. The number of likely N-dealkylation sites (N-methyl/N-ethyl adjacent to an activating group) is 1. The third-order valence-corrected chi connectivity index (χ3v) is 13.4. The van der Waals surface area contributed by atoms with E-state index in [1.165, 1.54) is 205 Å². The van der Waals surface area contributed by atoms with Crippen molar-refractivity contribution in [3.8, 4) is 0 Å². The summed E-state index contributed by atoms with van der Waals surface area (Å²) in [6.07, 6.45) is 57.0. The molecule has 0 fully saturated rings. The maximum atomic E-state index is 12.9. The zero-order valence-corrected chi connectivity index (χ0v) is 43.5. The van der Waals surface area contributed by atoms with Crippen LogP contribution in [0.25, 0.3) is 0 Å². The molecule has 0 aromatic rings. The Balaban J connectivity index is 4.29. The van der Waals surface area contributed by atoms with Crippen LogP contribution in [-0.4, -0.2) is 73.4 Å². The molecule has 0 heterocycles. The largest absolute Gasteiger partial charge is 0.472 e. The van der Waals surface area contributed by atoms with Gasteiger partial charge in [0.1, 0.15) is 13.2 Å². The minimum atomic E-state index is -4.35. The van der Waals surface area contributed by atoms with Crippen LogP contribution < -0.4 is 5.32 Å². The molecule has 8 nitrogen and oxygen atoms in total. The van der Waals surface area contributed by atoms with Crippen LogP contribution in [-0.2, 0) is 18.4 Å². The van der Waals surface area contributed by atoms with Crippen molar-refractivity contribution < 1.29 is 32.9 Å². The number of phosphoric ester groups is 1. The van der Waals surface area contributed by atoms with Crippen LogP contribution in [0, 0.1) is 0 Å². The molecule has 0 aromatic carbocycles. The van der Waals surface area contributed by atoms with Crippen LogP contribution in [0.3, 0.4) is 0 Å². The van der Waals surface area contributed by atoms with Gasteiger partial charge in [-0.3, -0.25) is 13.8 Å². The lowest BCUT2D eigenvalue weighted by atomic mass is 10.0. The molecule has 0 aliphatic carbocycles. The first kappa shape index (κ1) is 62.0. The lowest BCUT2D eigenvalue weighted by Gasteiger charge is -2.25. The van der Waals surface area contributed by atoms with Gasteiger partial charge in [-0.2, -0.15) is 0 Å². The average Bonchev–Trinajstić information content (AvgIpc) is 3.24. The highest BCUT2D eigenvalue weighted by Gasteiger charge is 2.27. The number of allylic oxidation sites excluding steroid dienone is 3. The van der Waals surface area contributed by atoms with Crippen molar-refractivity contribution in [3.63, 3.8) is 0 Å². The number of rotatable bonds is 50. The van der Waals surface area contributed by atoms with E-state index in [4.69, 9.17) is 9.05 Å². The van der Waals surface area contributed by atoms with Gasteiger partial charge in [0.25, 0.3) is 0 Å². The van der Waals surface area contributed by atoms with E-state index in [0.717, 1.165) is 38.5 Å². The van der Waals surface area contributed by atoms with Gasteiger partial charge in [0.2, 0.25) is 5.91 Å². The third-order valence-electron chi connectivity index (χ3n) is 12.4. The molecule has 0 saturated heterocycles. The van der Waals surface area contributed by atoms with Crippen molar-refractivity contribution in [3.05, 3.63) is 24.3 Å². The molecule has 0 spiro atoms. The normalized spacial score (nSPS) is 14.2. The van der Waals surface area contributed by atoms with E-state index in [2.05, 4.69) is 31.3 Å². The minimum absolute atomic E-state index is 0.0587. The number of hydrogen-bond acceptors (Lipinski definition) is 5. The summed E-state index contributed by atoms with van der Waals surface area (Å²) in [5, 5.41) is 13.9. The highest BCUT2D eigenvalue weighted by molar-refractivity contribution is 7.47. The molecule has 0 bridgehead atoms. The van der Waals surface area contributed by atoms with E-state index in [-0.39, 0.29) is 19.1 Å². The van der Waals surface area contributed by atoms with Crippen molar-refractivity contribution in [1.82, 2.24) is 5.32 Å². The standard InChI is InChI=1S/C54H107N2O6P/c1-6-8-10-12-14-16-18-20-22-24-26-28-29-31-33-35-37-39-41-43-45-47-53(57)52(51-62-63(59,60)61-50-49-56(3,4)5)55-54(58)48-46-44-42-40-38-36-34-32-30-27-25-23-21-19-17-15-13-11-9-7-2/h37,39,45,47,52-53,57H,6-36,38,40-44,46,48-51H2,1-5H3,(H-,55,58,59,60)/p+1/b39-37+,47-45+. The van der Waals surface area contributed by atoms with E-state index in [1.54, 1.807) is 6.08 Å². The van der Waals surface area contributed by atoms with Crippen LogP contribution in [0.2, 0.25) is 0 Å². The fraction of sp³-hybridized carbons (Fsp3) is 0.907. The number of nitrogens with one attached hydrogen (secondary N) is 1. The van der Waals surface area contributed by atoms with E-state index in [9.17, 15) is 19.4 Å². The molecule has 374 valence electrons. The number of hydrogen-bond donors (Lipinski definition) is 3. The van der Waals surface area contributed by atoms with Crippen molar-refractivity contribution in [2.45, 2.75) is 276 Å². The molecule has 0 radical (unpaired) electrons. The minimum Gasteiger partial charge on any atom is -0.387 e. The predicted molar refractivity (Wildman–Crippen MR) is 272 cm³/mol. The summed E-state index contributed by atoms with van der Waals surface area (Å²) >= 11 is 0. The van der Waals surface area contributed by atoms with Crippen molar-refractivity contribution in [1.29, 1.82) is 0 Å². The number of phosphoric acid groups is 1. The summed E-state index contributed by atoms with van der Waals surface area (Å²) in [5.74, 6) is -0.182. The Morgan fingerprint density at radius 2 is 0.873 bits per heavy atom. The number of aliphatic hydroxyl groups excluding tert-OH is 1. The van der Waals surface area contributed by atoms with Gasteiger partial charge in [-0.1, -0.05) is 250 Å². The van der Waals surface area contributed by atoms with Gasteiger partial charge in [-0.25, -0.2) is 4.57 Å². The highest BCUT2D eigenvalue weighted by atomic mass is 31.2. The molecule has 0 saturated carbocycles. The van der Waals surface area contributed by atoms with Gasteiger partial charge < -0.3 is 19.8 Å². The van der Waals surface area contributed by atoms with E-state index in [0.29, 0.717) is 17.4 Å². The zero-order chi connectivity index (χ0) is 46.4. The second kappa shape index (κ2) is 46.1. The van der Waals surface area contributed by atoms with Crippen LogP contribution in [0.1, 0.15) is 264 Å². The summed E-state index contributed by atoms with van der Waals surface area (Å²) in [7, 11) is 1.57. The van der Waals surface area contributed by atoms with Crippen LogP contribution in [0.5, 0.6) is 0 Å². The molecular weight excluding hydrogens is 804 g/mol. The number of amides is 1. The molecule has 0 rings (SSSR count). The SMILES string of the molecule is CCCCCCCCCCCCCCCCC/C=C/CC/C=C/C(O)C(COP(=O)(O)OCC[N+](C)(C)C)NC(=O)CCCCCCCCCCCCCCCCCCCCCC. The number of quaternary nitrogens is 1. The maximum absolute atomic E-state index is 12.9. The van der Waals surface area contributed by atoms with Crippen molar-refractivity contribution in [2.75, 3.05) is 40.9 Å². The quantitative estimate of drug-likeness (QED) is 0.0243. The highest BCUT2D eigenvalue weighted by Crippen LogP contribution is 2.43. The number of unbranched alkanes of at least 4 members (excludes halogenated alkanes) is 35. The van der Waals surface area contributed by atoms with Crippen LogP contribution in [0.4, 0.5) is 0 Å². The maximum Gasteiger partial charge on any atom is 0.472 e. The Morgan fingerprint density at radius 1 is 0.524 bits per heavy atom. The van der Waals surface area contributed by atoms with Crippen LogP contribution in [0.15, 0.2) is 24.3 Å². The number of aliphatic hydroxyl groups is 1. The molecule has 1 amide bonds. The molecule has 0 aliphatic heterocycles. The Labute approximate surface area is 392 Å². The van der Waals surface area contributed by atoms with Gasteiger partial charge in [0, 0.05) is 6.42 Å². The van der Waals surface area contributed by atoms with E-state index in [1.807, 2.05) is 27.2 Å². The summed E-state index contributed by atoms with van der Waals surface area (Å²) in [6, 6.07) is -0.859. The van der Waals surface area contributed by atoms with Crippen molar-refractivity contribution >= 4 is 13.7 Å². The molecule has 3 unspecified atom stereocenters. The first-order chi connectivity index (χ1) is 30.5. The Bertz CT molecular complexity index is 1080. The fourth-order valence-corrected chi connectivity index (χ4v) is 8.85. The Kier molecular flexibility index (Phi) is 45.4. The fourth-order valence-electron chi connectivity index (χ4n) is 8.12. The Hall–Kier alpha value is -1.02. The number of carbonyl (C=O) groups is 1. The molecule has 0 aliphatic rings. The number of carbonyl (C=O) groups excluding carboxylic acids is 1. The van der Waals surface area contributed by atoms with Gasteiger partial charge >= 0.3 is 7.82 Å². The van der Waals surface area contributed by atoms with Gasteiger partial charge in [-0.05, 0) is 32.1 Å². The Morgan fingerprint density at radius 3 is 1.27 bits per heavy atom. The zero-order valence-electron chi connectivity index (χ0n) is 42.6. The predicted octanol–water partition coefficient (Wildman–Crippen LogP) is 16.0. The average molecular weight is 912 g/mol. The van der Waals surface area contributed by atoms with E-state index < -0.39 is 20.0 Å². The monoisotopic (exact) mass is 912 g/mol. The van der Waals surface area contributed by atoms with Gasteiger partial charge in [0.05, 0.1) is 39.9 Å². The summed E-state index contributed by atoms with van der Waals surface area (Å²) in [5.41, 5.74) is 0. The second-order valence-corrected chi connectivity index (χ2v) is 21.4. The van der Waals surface area contributed by atoms with Crippen LogP contribution >= 0.6 is 7.82 Å². The summed E-state index contributed by atoms with van der Waals surface area (Å²) in [4.78, 5) is 23.2.